The molecule has 0 bridgehead atoms. The molecule has 0 spiro atoms. The fourth-order valence-electron chi connectivity index (χ4n) is 1.06. The van der Waals surface area contributed by atoms with E-state index in [0.29, 0.717) is 10.6 Å². The molecular weight excluding hydrogens is 176 g/mol. The van der Waals surface area contributed by atoms with Gasteiger partial charge in [-0.2, -0.15) is 0 Å². The third-order valence-electron chi connectivity index (χ3n) is 1.62. The van der Waals surface area contributed by atoms with Crippen molar-refractivity contribution < 1.29 is 10.2 Å². The van der Waals surface area contributed by atoms with Crippen LogP contribution < -0.4 is 0 Å². The first kappa shape index (κ1) is 9.52. The summed E-state index contributed by atoms with van der Waals surface area (Å²) in [5.74, 6) is 0. The van der Waals surface area contributed by atoms with Gasteiger partial charge in [-0.3, -0.25) is 0 Å². The van der Waals surface area contributed by atoms with Gasteiger partial charge in [0.15, 0.2) is 0 Å². The van der Waals surface area contributed by atoms with E-state index in [0.717, 1.165) is 5.56 Å². The molecule has 0 aliphatic heterocycles. The number of rotatable bonds is 2. The Labute approximate surface area is 76.4 Å². The summed E-state index contributed by atoms with van der Waals surface area (Å²) < 4.78 is 0. The Bertz CT molecular complexity index is 253. The first-order chi connectivity index (χ1) is 5.63. The van der Waals surface area contributed by atoms with Crippen LogP contribution in [0.3, 0.4) is 0 Å². The van der Waals surface area contributed by atoms with Crippen molar-refractivity contribution in [3.63, 3.8) is 0 Å². The SMILES string of the molecule is Cc1cc(Cl)cc(C(O)CO)c1. The first-order valence-corrected chi connectivity index (χ1v) is 4.07. The van der Waals surface area contributed by atoms with Crippen LogP contribution in [0.2, 0.25) is 5.02 Å². The molecule has 0 aromatic heterocycles. The number of aliphatic hydroxyl groups excluding tert-OH is 2. The van der Waals surface area contributed by atoms with Gasteiger partial charge in [-0.1, -0.05) is 17.7 Å². The lowest BCUT2D eigenvalue weighted by Crippen LogP contribution is -2.02. The molecule has 2 nitrogen and oxygen atoms in total. The average Bonchev–Trinajstić information content (AvgIpc) is 2.01. The van der Waals surface area contributed by atoms with Crippen molar-refractivity contribution in [3.8, 4) is 0 Å². The van der Waals surface area contributed by atoms with E-state index in [4.69, 9.17) is 16.7 Å². The Hall–Kier alpha value is -0.570. The van der Waals surface area contributed by atoms with Gasteiger partial charge in [0.2, 0.25) is 0 Å². The molecular formula is C9H11ClO2. The number of benzene rings is 1. The van der Waals surface area contributed by atoms with Gasteiger partial charge in [-0.25, -0.2) is 0 Å². The number of halogens is 1. The maximum atomic E-state index is 9.27. The predicted octanol–water partition coefficient (Wildman–Crippen LogP) is 1.67. The molecule has 12 heavy (non-hydrogen) atoms. The van der Waals surface area contributed by atoms with Crippen molar-refractivity contribution in [3.05, 3.63) is 34.3 Å². The van der Waals surface area contributed by atoms with Gasteiger partial charge in [0.25, 0.3) is 0 Å². The van der Waals surface area contributed by atoms with Crippen LogP contribution in [0, 0.1) is 6.92 Å². The summed E-state index contributed by atoms with van der Waals surface area (Å²) in [6.45, 7) is 1.61. The Kier molecular flexibility index (Phi) is 3.09. The van der Waals surface area contributed by atoms with Crippen molar-refractivity contribution in [1.82, 2.24) is 0 Å². The highest BCUT2D eigenvalue weighted by Crippen LogP contribution is 2.19. The highest BCUT2D eigenvalue weighted by Gasteiger charge is 2.06. The van der Waals surface area contributed by atoms with E-state index in [-0.39, 0.29) is 6.61 Å². The van der Waals surface area contributed by atoms with E-state index < -0.39 is 6.10 Å². The van der Waals surface area contributed by atoms with Crippen LogP contribution in [0.15, 0.2) is 18.2 Å². The number of hydrogen-bond donors (Lipinski definition) is 2. The van der Waals surface area contributed by atoms with E-state index in [1.165, 1.54) is 0 Å². The third-order valence-corrected chi connectivity index (χ3v) is 1.84. The van der Waals surface area contributed by atoms with Crippen LogP contribution in [-0.4, -0.2) is 16.8 Å². The molecule has 0 fully saturated rings. The normalized spacial score (nSPS) is 13.0. The second-order valence-electron chi connectivity index (χ2n) is 2.76. The second-order valence-corrected chi connectivity index (χ2v) is 3.20. The quantitative estimate of drug-likeness (QED) is 0.738. The molecule has 0 saturated carbocycles. The highest BCUT2D eigenvalue weighted by molar-refractivity contribution is 6.30. The molecule has 0 radical (unpaired) electrons. The largest absolute Gasteiger partial charge is 0.393 e. The maximum absolute atomic E-state index is 9.27. The number of aryl methyl sites for hydroxylation is 1. The lowest BCUT2D eigenvalue weighted by molar-refractivity contribution is 0.0956. The van der Waals surface area contributed by atoms with Gasteiger partial charge in [0, 0.05) is 5.02 Å². The lowest BCUT2D eigenvalue weighted by atomic mass is 10.1. The molecule has 0 amide bonds. The zero-order valence-electron chi connectivity index (χ0n) is 6.79. The number of hydrogen-bond acceptors (Lipinski definition) is 2. The Morgan fingerprint density at radius 2 is 2.08 bits per heavy atom. The summed E-state index contributed by atoms with van der Waals surface area (Å²) in [7, 11) is 0. The summed E-state index contributed by atoms with van der Waals surface area (Å²) in [5, 5.41) is 18.5. The van der Waals surface area contributed by atoms with Gasteiger partial charge in [-0.05, 0) is 30.2 Å². The molecule has 1 rings (SSSR count). The summed E-state index contributed by atoms with van der Waals surface area (Å²) >= 11 is 5.76. The molecule has 1 aromatic carbocycles. The van der Waals surface area contributed by atoms with Gasteiger partial charge in [-0.15, -0.1) is 0 Å². The highest BCUT2D eigenvalue weighted by atomic mass is 35.5. The smallest absolute Gasteiger partial charge is 0.102 e. The van der Waals surface area contributed by atoms with E-state index in [2.05, 4.69) is 0 Å². The third kappa shape index (κ3) is 2.21. The molecule has 0 aliphatic rings. The van der Waals surface area contributed by atoms with Crippen LogP contribution in [-0.2, 0) is 0 Å². The van der Waals surface area contributed by atoms with Crippen LogP contribution >= 0.6 is 11.6 Å². The van der Waals surface area contributed by atoms with E-state index >= 15 is 0 Å². The lowest BCUT2D eigenvalue weighted by Gasteiger charge is -2.08. The standard InChI is InChI=1S/C9H11ClO2/c1-6-2-7(9(12)5-11)4-8(10)3-6/h2-4,9,11-12H,5H2,1H3. The molecule has 0 heterocycles. The molecule has 1 aromatic rings. The minimum atomic E-state index is -0.831. The van der Waals surface area contributed by atoms with Crippen molar-refractivity contribution in [2.24, 2.45) is 0 Å². The fourth-order valence-corrected chi connectivity index (χ4v) is 1.36. The van der Waals surface area contributed by atoms with Crippen LogP contribution in [0.4, 0.5) is 0 Å². The van der Waals surface area contributed by atoms with Crippen molar-refractivity contribution in [1.29, 1.82) is 0 Å². The summed E-state index contributed by atoms with van der Waals surface area (Å²) in [5.41, 5.74) is 1.63. The average molecular weight is 187 g/mol. The summed E-state index contributed by atoms with van der Waals surface area (Å²) in [6, 6.07) is 5.25. The minimum absolute atomic E-state index is 0.278. The maximum Gasteiger partial charge on any atom is 0.102 e. The molecule has 0 aliphatic carbocycles. The van der Waals surface area contributed by atoms with Gasteiger partial charge < -0.3 is 10.2 Å². The van der Waals surface area contributed by atoms with Crippen molar-refractivity contribution in [2.45, 2.75) is 13.0 Å². The van der Waals surface area contributed by atoms with Crippen LogP contribution in [0.25, 0.3) is 0 Å². The Morgan fingerprint density at radius 1 is 1.42 bits per heavy atom. The van der Waals surface area contributed by atoms with E-state index in [1.54, 1.807) is 18.2 Å². The zero-order valence-corrected chi connectivity index (χ0v) is 7.54. The van der Waals surface area contributed by atoms with E-state index in [9.17, 15) is 5.11 Å². The Morgan fingerprint density at radius 3 is 2.58 bits per heavy atom. The van der Waals surface area contributed by atoms with E-state index in [1.807, 2.05) is 6.92 Å². The predicted molar refractivity (Wildman–Crippen MR) is 48.2 cm³/mol. The minimum Gasteiger partial charge on any atom is -0.393 e. The monoisotopic (exact) mass is 186 g/mol. The topological polar surface area (TPSA) is 40.5 Å². The molecule has 1 unspecified atom stereocenters. The van der Waals surface area contributed by atoms with Crippen LogP contribution in [0.5, 0.6) is 0 Å². The number of aliphatic hydroxyl groups is 2. The van der Waals surface area contributed by atoms with Gasteiger partial charge in [0.1, 0.15) is 6.10 Å². The molecule has 66 valence electrons. The van der Waals surface area contributed by atoms with Crippen molar-refractivity contribution in [2.75, 3.05) is 6.61 Å². The van der Waals surface area contributed by atoms with Gasteiger partial charge >= 0.3 is 0 Å². The van der Waals surface area contributed by atoms with Crippen LogP contribution in [0.1, 0.15) is 17.2 Å². The Balaban J connectivity index is 3.00. The molecule has 0 saturated heterocycles. The molecule has 2 N–H and O–H groups in total. The fraction of sp³-hybridized carbons (Fsp3) is 0.333. The summed E-state index contributed by atoms with van der Waals surface area (Å²) in [4.78, 5) is 0. The zero-order chi connectivity index (χ0) is 9.14. The second kappa shape index (κ2) is 3.90. The summed E-state index contributed by atoms with van der Waals surface area (Å²) in [6.07, 6.45) is -0.831. The van der Waals surface area contributed by atoms with Gasteiger partial charge in [0.05, 0.1) is 6.61 Å². The first-order valence-electron chi connectivity index (χ1n) is 3.69. The molecule has 3 heteroatoms. The van der Waals surface area contributed by atoms with Crippen molar-refractivity contribution >= 4 is 11.6 Å². The molecule has 1 atom stereocenters.